The molecule has 2 unspecified atom stereocenters. The van der Waals surface area contributed by atoms with Crippen LogP contribution >= 0.6 is 0 Å². The summed E-state index contributed by atoms with van der Waals surface area (Å²) in [6.45, 7) is 0. The summed E-state index contributed by atoms with van der Waals surface area (Å²) < 4.78 is 2.44. The van der Waals surface area contributed by atoms with Gasteiger partial charge in [0.05, 0.1) is 16.4 Å². The number of hydrogen-bond acceptors (Lipinski definition) is 2. The van der Waals surface area contributed by atoms with Gasteiger partial charge < -0.3 is 20.2 Å². The molecule has 56 heavy (non-hydrogen) atoms. The van der Waals surface area contributed by atoms with E-state index in [1.807, 2.05) is 24.3 Å². The highest BCUT2D eigenvalue weighted by atomic mass is 15.3. The summed E-state index contributed by atoms with van der Waals surface area (Å²) in [5.74, 6) is 0.754. The zero-order valence-electron chi connectivity index (χ0n) is 30.6. The number of aromatic nitrogens is 1. The first-order valence-corrected chi connectivity index (χ1v) is 19.3. The molecule has 1 aliphatic carbocycles. The number of aliphatic imine (C=N–C) groups is 1. The van der Waals surface area contributed by atoms with E-state index in [1.54, 1.807) is 0 Å². The second-order valence-electron chi connectivity index (χ2n) is 14.7. The predicted molar refractivity (Wildman–Crippen MR) is 229 cm³/mol. The number of benzene rings is 8. The van der Waals surface area contributed by atoms with Gasteiger partial charge in [0.1, 0.15) is 0 Å². The van der Waals surface area contributed by atoms with E-state index >= 15 is 0 Å². The lowest BCUT2D eigenvalue weighted by atomic mass is 9.67. The SMILES string of the molecule is c1ccc(C2=NC(c3ccc(-n4c5ccccc5c5cc6c(cc54)C(c4ccccc4)(c4ccccc4)c4ccccc4-6)cc3)NC(c3ccccc3)[N-]2)cc1. The maximum Gasteiger partial charge on any atom is 0.0714 e. The molecule has 0 saturated carbocycles. The van der Waals surface area contributed by atoms with Crippen molar-refractivity contribution in [1.82, 2.24) is 9.88 Å². The maximum absolute atomic E-state index is 5.15. The highest BCUT2D eigenvalue weighted by Crippen LogP contribution is 2.57. The normalized spacial score (nSPS) is 16.9. The van der Waals surface area contributed by atoms with Crippen LogP contribution in [0.15, 0.2) is 211 Å². The van der Waals surface area contributed by atoms with Crippen molar-refractivity contribution in [2.75, 3.05) is 0 Å². The Labute approximate surface area is 326 Å². The molecule has 2 aliphatic rings. The highest BCUT2D eigenvalue weighted by molar-refractivity contribution is 6.12. The van der Waals surface area contributed by atoms with Gasteiger partial charge >= 0.3 is 0 Å². The lowest BCUT2D eigenvalue weighted by Crippen LogP contribution is -2.31. The van der Waals surface area contributed by atoms with Gasteiger partial charge in [-0.05, 0) is 80.4 Å². The van der Waals surface area contributed by atoms with E-state index < -0.39 is 5.41 Å². The molecule has 1 aliphatic heterocycles. The van der Waals surface area contributed by atoms with Crippen LogP contribution in [-0.4, -0.2) is 10.4 Å². The van der Waals surface area contributed by atoms with Crippen molar-refractivity contribution < 1.29 is 0 Å². The van der Waals surface area contributed by atoms with Gasteiger partial charge in [-0.2, -0.15) is 0 Å². The van der Waals surface area contributed by atoms with Crippen LogP contribution in [0.25, 0.3) is 43.9 Å². The second-order valence-corrected chi connectivity index (χ2v) is 14.7. The van der Waals surface area contributed by atoms with Gasteiger partial charge in [0.25, 0.3) is 0 Å². The van der Waals surface area contributed by atoms with Gasteiger partial charge in [-0.3, -0.25) is 0 Å². The lowest BCUT2D eigenvalue weighted by molar-refractivity contribution is 0.488. The van der Waals surface area contributed by atoms with E-state index in [0.29, 0.717) is 0 Å². The molecular weight excluding hydrogens is 681 g/mol. The third-order valence-electron chi connectivity index (χ3n) is 11.7. The minimum absolute atomic E-state index is 0.216. The summed E-state index contributed by atoms with van der Waals surface area (Å²) in [7, 11) is 0. The molecule has 0 saturated heterocycles. The van der Waals surface area contributed by atoms with Crippen molar-refractivity contribution in [3.8, 4) is 16.8 Å². The van der Waals surface area contributed by atoms with Crippen LogP contribution in [0.5, 0.6) is 0 Å². The zero-order chi connectivity index (χ0) is 37.1. The third-order valence-corrected chi connectivity index (χ3v) is 11.7. The average Bonchev–Trinajstić information content (AvgIpc) is 3.76. The number of fused-ring (bicyclic) bond motifs is 6. The molecule has 4 heteroatoms. The summed E-state index contributed by atoms with van der Waals surface area (Å²) in [6, 6.07) is 74.4. The Morgan fingerprint density at radius 3 is 1.80 bits per heavy atom. The fourth-order valence-electron chi connectivity index (χ4n) is 9.20. The second kappa shape index (κ2) is 13.1. The monoisotopic (exact) mass is 717 g/mol. The molecule has 0 radical (unpaired) electrons. The van der Waals surface area contributed by atoms with Crippen molar-refractivity contribution in [3.05, 3.63) is 251 Å². The van der Waals surface area contributed by atoms with E-state index in [4.69, 9.17) is 10.3 Å². The zero-order valence-corrected chi connectivity index (χ0v) is 30.6. The standard InChI is InChI=1S/C52H37N4/c1-5-17-35(18-6-1)49-53-50(36-19-7-2-8-20-36)55-51(54-49)37-29-31-40(32-30-37)56-47-28-16-14-26-42(47)44-33-43-41-25-13-15-27-45(41)52(46(43)34-48(44)56,38-21-9-3-10-22-38)39-23-11-4-12-24-39/h1-34,49,51,54H/q-1. The van der Waals surface area contributed by atoms with E-state index in [2.05, 4.69) is 192 Å². The third kappa shape index (κ3) is 5.00. The van der Waals surface area contributed by atoms with E-state index in [1.165, 1.54) is 55.2 Å². The summed E-state index contributed by atoms with van der Waals surface area (Å²) in [5.41, 5.74) is 13.9. The van der Waals surface area contributed by atoms with Gasteiger partial charge in [0.15, 0.2) is 0 Å². The van der Waals surface area contributed by atoms with Crippen LogP contribution in [0.2, 0.25) is 0 Å². The number of nitrogens with zero attached hydrogens (tertiary/aromatic N) is 3. The Balaban J connectivity index is 1.09. The molecule has 2 atom stereocenters. The fraction of sp³-hybridized carbons (Fsp3) is 0.0577. The molecule has 8 aromatic carbocycles. The Kier molecular flexibility index (Phi) is 7.58. The number of hydrogen-bond donors (Lipinski definition) is 1. The largest absolute Gasteiger partial charge is 0.445 e. The molecule has 0 amide bonds. The molecule has 0 bridgehead atoms. The highest BCUT2D eigenvalue weighted by Gasteiger charge is 2.46. The summed E-state index contributed by atoms with van der Waals surface area (Å²) in [6.07, 6.45) is -0.481. The quantitative estimate of drug-likeness (QED) is 0.183. The van der Waals surface area contributed by atoms with Crippen LogP contribution in [0.1, 0.15) is 51.3 Å². The molecule has 9 aromatic rings. The molecule has 1 aromatic heterocycles. The first-order chi connectivity index (χ1) is 27.8. The van der Waals surface area contributed by atoms with Crippen molar-refractivity contribution in [2.24, 2.45) is 4.99 Å². The molecule has 0 fully saturated rings. The van der Waals surface area contributed by atoms with Crippen LogP contribution in [0.4, 0.5) is 0 Å². The Hall–Kier alpha value is -7.01. The van der Waals surface area contributed by atoms with Crippen molar-refractivity contribution >= 4 is 27.6 Å². The van der Waals surface area contributed by atoms with Crippen LogP contribution < -0.4 is 5.32 Å². The first-order valence-electron chi connectivity index (χ1n) is 19.3. The first kappa shape index (κ1) is 32.4. The fourth-order valence-corrected chi connectivity index (χ4v) is 9.20. The smallest absolute Gasteiger partial charge is 0.0714 e. The Bertz CT molecular complexity index is 2860. The van der Waals surface area contributed by atoms with Crippen LogP contribution in [-0.2, 0) is 5.41 Å². The molecule has 2 heterocycles. The number of rotatable bonds is 6. The van der Waals surface area contributed by atoms with Crippen molar-refractivity contribution in [3.63, 3.8) is 0 Å². The minimum atomic E-state index is -0.477. The van der Waals surface area contributed by atoms with Crippen LogP contribution in [0.3, 0.4) is 0 Å². The minimum Gasteiger partial charge on any atom is -0.445 e. The Morgan fingerprint density at radius 1 is 0.482 bits per heavy atom. The molecule has 0 spiro atoms. The molecule has 266 valence electrons. The van der Waals surface area contributed by atoms with E-state index in [-0.39, 0.29) is 12.3 Å². The van der Waals surface area contributed by atoms with E-state index in [0.717, 1.165) is 28.2 Å². The number of amidine groups is 1. The van der Waals surface area contributed by atoms with Gasteiger partial charge in [-0.15, -0.1) is 0 Å². The number of nitrogens with one attached hydrogen (secondary N) is 1. The summed E-state index contributed by atoms with van der Waals surface area (Å²) in [5, 5.41) is 11.3. The van der Waals surface area contributed by atoms with Gasteiger partial charge in [-0.25, -0.2) is 0 Å². The predicted octanol–water partition coefficient (Wildman–Crippen LogP) is 12.3. The maximum atomic E-state index is 5.15. The number of para-hydroxylation sites is 1. The van der Waals surface area contributed by atoms with Gasteiger partial charge in [-0.1, -0.05) is 182 Å². The molecular formula is C52H37N4-. The lowest BCUT2D eigenvalue weighted by Gasteiger charge is -2.40. The average molecular weight is 718 g/mol. The van der Waals surface area contributed by atoms with E-state index in [9.17, 15) is 0 Å². The van der Waals surface area contributed by atoms with Crippen LogP contribution in [0, 0.1) is 0 Å². The summed E-state index contributed by atoms with van der Waals surface area (Å²) in [4.78, 5) is 5.15. The van der Waals surface area contributed by atoms with Crippen molar-refractivity contribution in [2.45, 2.75) is 17.7 Å². The molecule has 1 N–H and O–H groups in total. The van der Waals surface area contributed by atoms with Gasteiger partial charge in [0, 0.05) is 28.8 Å². The molecule has 11 rings (SSSR count). The Morgan fingerprint density at radius 2 is 1.09 bits per heavy atom. The van der Waals surface area contributed by atoms with Crippen molar-refractivity contribution in [1.29, 1.82) is 0 Å². The van der Waals surface area contributed by atoms with Gasteiger partial charge in [0.2, 0.25) is 0 Å². The molecule has 4 nitrogen and oxygen atoms in total. The topological polar surface area (TPSA) is 43.4 Å². The summed E-state index contributed by atoms with van der Waals surface area (Å²) >= 11 is 0.